The van der Waals surface area contributed by atoms with Crippen molar-refractivity contribution in [2.45, 2.75) is 6.92 Å². The lowest BCUT2D eigenvalue weighted by molar-refractivity contribution is 0.102. The van der Waals surface area contributed by atoms with Crippen LogP contribution in [0.5, 0.6) is 0 Å². The number of anilines is 1. The molecule has 2 aromatic rings. The third kappa shape index (κ3) is 2.92. The molecule has 0 spiro atoms. The number of oxime groups is 1. The van der Waals surface area contributed by atoms with Crippen LogP contribution in [0.1, 0.15) is 23.0 Å². The average Bonchev–Trinajstić information content (AvgIpc) is 2.48. The van der Waals surface area contributed by atoms with Gasteiger partial charge in [0.15, 0.2) is 0 Å². The summed E-state index contributed by atoms with van der Waals surface area (Å²) in [5.74, 6) is -0.369. The van der Waals surface area contributed by atoms with E-state index in [0.717, 1.165) is 0 Å². The number of carbonyl (C=O) groups excluding carboxylic acids is 1. The highest BCUT2D eigenvalue weighted by atomic mass is 16.4. The Morgan fingerprint density at radius 2 is 2.11 bits per heavy atom. The minimum atomic E-state index is -0.369. The smallest absolute Gasteiger partial charge is 0.275 e. The molecule has 0 radical (unpaired) electrons. The van der Waals surface area contributed by atoms with Crippen molar-refractivity contribution in [3.8, 4) is 0 Å². The van der Waals surface area contributed by atoms with Gasteiger partial charge in [0.1, 0.15) is 5.69 Å². The van der Waals surface area contributed by atoms with Crippen molar-refractivity contribution in [3.63, 3.8) is 0 Å². The molecule has 2 rings (SSSR count). The number of hydrogen-bond donors (Lipinski definition) is 2. The molecule has 2 N–H and O–H groups in total. The third-order valence-electron chi connectivity index (χ3n) is 2.51. The Bertz CT molecular complexity index is 611. The quantitative estimate of drug-likeness (QED) is 0.499. The normalized spacial score (nSPS) is 11.1. The summed E-state index contributed by atoms with van der Waals surface area (Å²) in [6.07, 6.45) is 4.32. The van der Waals surface area contributed by atoms with E-state index in [4.69, 9.17) is 5.21 Å². The summed E-state index contributed by atoms with van der Waals surface area (Å²) in [5, 5.41) is 14.7. The number of nitrogens with zero attached hydrogens (tertiary/aromatic N) is 3. The van der Waals surface area contributed by atoms with Gasteiger partial charge in [0.25, 0.3) is 5.91 Å². The SMILES string of the molecule is C/C(=N/O)c1ccccc1NC(=O)c1cnccn1. The molecular weight excluding hydrogens is 244 g/mol. The van der Waals surface area contributed by atoms with Crippen LogP contribution in [0.15, 0.2) is 48.0 Å². The van der Waals surface area contributed by atoms with Gasteiger partial charge in [-0.25, -0.2) is 4.98 Å². The minimum absolute atomic E-state index is 0.218. The Balaban J connectivity index is 2.27. The van der Waals surface area contributed by atoms with Crippen molar-refractivity contribution in [2.24, 2.45) is 5.16 Å². The van der Waals surface area contributed by atoms with E-state index in [1.54, 1.807) is 31.2 Å². The van der Waals surface area contributed by atoms with Gasteiger partial charge in [-0.2, -0.15) is 0 Å². The third-order valence-corrected chi connectivity index (χ3v) is 2.51. The zero-order valence-electron chi connectivity index (χ0n) is 10.2. The van der Waals surface area contributed by atoms with Crippen LogP contribution in [0.2, 0.25) is 0 Å². The van der Waals surface area contributed by atoms with E-state index in [2.05, 4.69) is 20.4 Å². The molecule has 0 saturated carbocycles. The van der Waals surface area contributed by atoms with Crippen LogP contribution < -0.4 is 5.32 Å². The van der Waals surface area contributed by atoms with Crippen molar-refractivity contribution < 1.29 is 10.0 Å². The van der Waals surface area contributed by atoms with Crippen molar-refractivity contribution in [2.75, 3.05) is 5.32 Å². The standard InChI is InChI=1S/C13H12N4O2/c1-9(17-19)10-4-2-3-5-11(10)16-13(18)12-8-14-6-7-15-12/h2-8,19H,1H3,(H,16,18)/b17-9-. The summed E-state index contributed by atoms with van der Waals surface area (Å²) in [5.41, 5.74) is 1.82. The number of hydrogen-bond acceptors (Lipinski definition) is 5. The molecule has 6 heteroatoms. The van der Waals surface area contributed by atoms with E-state index < -0.39 is 0 Å². The predicted octanol–water partition coefficient (Wildman–Crippen LogP) is 1.93. The molecule has 0 unspecified atom stereocenters. The molecule has 0 bridgehead atoms. The number of amides is 1. The number of para-hydroxylation sites is 1. The van der Waals surface area contributed by atoms with E-state index in [0.29, 0.717) is 17.0 Å². The lowest BCUT2D eigenvalue weighted by Crippen LogP contribution is -2.15. The number of aromatic nitrogens is 2. The Hall–Kier alpha value is -2.76. The van der Waals surface area contributed by atoms with Crippen LogP contribution >= 0.6 is 0 Å². The van der Waals surface area contributed by atoms with Crippen LogP contribution in [0.4, 0.5) is 5.69 Å². The predicted molar refractivity (Wildman–Crippen MR) is 70.4 cm³/mol. The van der Waals surface area contributed by atoms with E-state index in [1.807, 2.05) is 0 Å². The maximum atomic E-state index is 12.0. The van der Waals surface area contributed by atoms with E-state index in [9.17, 15) is 4.79 Å². The summed E-state index contributed by atoms with van der Waals surface area (Å²) in [7, 11) is 0. The van der Waals surface area contributed by atoms with Crippen molar-refractivity contribution >= 4 is 17.3 Å². The van der Waals surface area contributed by atoms with Crippen LogP contribution in [-0.2, 0) is 0 Å². The Morgan fingerprint density at radius 1 is 1.32 bits per heavy atom. The highest BCUT2D eigenvalue weighted by molar-refractivity contribution is 6.09. The van der Waals surface area contributed by atoms with Crippen molar-refractivity contribution in [1.29, 1.82) is 0 Å². The molecule has 1 aromatic heterocycles. The van der Waals surface area contributed by atoms with Gasteiger partial charge in [-0.3, -0.25) is 9.78 Å². The van der Waals surface area contributed by atoms with E-state index in [-0.39, 0.29) is 11.6 Å². The Kier molecular flexibility index (Phi) is 3.82. The maximum absolute atomic E-state index is 12.0. The highest BCUT2D eigenvalue weighted by Crippen LogP contribution is 2.16. The van der Waals surface area contributed by atoms with Gasteiger partial charge in [0.2, 0.25) is 0 Å². The topological polar surface area (TPSA) is 87.5 Å². The van der Waals surface area contributed by atoms with Crippen LogP contribution in [0.25, 0.3) is 0 Å². The number of carbonyl (C=O) groups is 1. The van der Waals surface area contributed by atoms with Gasteiger partial charge in [-0.15, -0.1) is 0 Å². The lowest BCUT2D eigenvalue weighted by atomic mass is 10.1. The molecular formula is C13H12N4O2. The van der Waals surface area contributed by atoms with Crippen molar-refractivity contribution in [3.05, 3.63) is 54.1 Å². The fraction of sp³-hybridized carbons (Fsp3) is 0.0769. The van der Waals surface area contributed by atoms with Gasteiger partial charge in [0.05, 0.1) is 17.6 Å². The second kappa shape index (κ2) is 5.72. The zero-order valence-corrected chi connectivity index (χ0v) is 10.2. The minimum Gasteiger partial charge on any atom is -0.411 e. The summed E-state index contributed by atoms with van der Waals surface area (Å²) in [4.78, 5) is 19.7. The molecule has 0 aliphatic rings. The summed E-state index contributed by atoms with van der Waals surface area (Å²) in [6.45, 7) is 1.65. The fourth-order valence-electron chi connectivity index (χ4n) is 1.56. The molecule has 0 aliphatic carbocycles. The molecule has 0 saturated heterocycles. The zero-order chi connectivity index (χ0) is 13.7. The van der Waals surface area contributed by atoms with Crippen LogP contribution in [0, 0.1) is 0 Å². The number of rotatable bonds is 3. The first-order chi connectivity index (χ1) is 9.22. The Labute approximate surface area is 109 Å². The molecule has 0 atom stereocenters. The maximum Gasteiger partial charge on any atom is 0.275 e. The van der Waals surface area contributed by atoms with E-state index in [1.165, 1.54) is 18.6 Å². The molecule has 96 valence electrons. The number of benzene rings is 1. The Morgan fingerprint density at radius 3 is 2.79 bits per heavy atom. The van der Waals surface area contributed by atoms with Crippen LogP contribution in [0.3, 0.4) is 0 Å². The first-order valence-electron chi connectivity index (χ1n) is 5.58. The number of nitrogens with one attached hydrogen (secondary N) is 1. The van der Waals surface area contributed by atoms with Gasteiger partial charge < -0.3 is 10.5 Å². The summed E-state index contributed by atoms with van der Waals surface area (Å²) < 4.78 is 0. The van der Waals surface area contributed by atoms with Crippen molar-refractivity contribution in [1.82, 2.24) is 9.97 Å². The average molecular weight is 256 g/mol. The fourth-order valence-corrected chi connectivity index (χ4v) is 1.56. The van der Waals surface area contributed by atoms with Gasteiger partial charge in [-0.1, -0.05) is 23.4 Å². The second-order valence-corrected chi connectivity index (χ2v) is 3.78. The molecule has 1 heterocycles. The van der Waals surface area contributed by atoms with Gasteiger partial charge in [0, 0.05) is 18.0 Å². The van der Waals surface area contributed by atoms with Crippen LogP contribution in [-0.4, -0.2) is 26.8 Å². The largest absolute Gasteiger partial charge is 0.411 e. The highest BCUT2D eigenvalue weighted by Gasteiger charge is 2.11. The molecule has 19 heavy (non-hydrogen) atoms. The molecule has 1 aromatic carbocycles. The molecule has 1 amide bonds. The van der Waals surface area contributed by atoms with Gasteiger partial charge in [-0.05, 0) is 13.0 Å². The van der Waals surface area contributed by atoms with Gasteiger partial charge >= 0.3 is 0 Å². The molecule has 0 aliphatic heterocycles. The first-order valence-corrected chi connectivity index (χ1v) is 5.58. The molecule has 6 nitrogen and oxygen atoms in total. The monoisotopic (exact) mass is 256 g/mol. The first kappa shape index (κ1) is 12.7. The lowest BCUT2D eigenvalue weighted by Gasteiger charge is -2.09. The second-order valence-electron chi connectivity index (χ2n) is 3.78. The molecule has 0 fully saturated rings. The summed E-state index contributed by atoms with van der Waals surface area (Å²) >= 11 is 0. The van der Waals surface area contributed by atoms with E-state index >= 15 is 0 Å². The summed E-state index contributed by atoms with van der Waals surface area (Å²) in [6, 6.07) is 7.04.